The molecule has 1 aromatic rings. The first-order valence-electron chi connectivity index (χ1n) is 9.68. The van der Waals surface area contributed by atoms with Crippen LogP contribution in [0.15, 0.2) is 10.4 Å². The molecular formula is C18H30F3N5S. The number of hydrogen-bond acceptors (Lipinski definition) is 4. The normalized spacial score (nSPS) is 17.3. The molecule has 2 N–H and O–H groups in total. The minimum Gasteiger partial charge on any atom is -0.357 e. The Morgan fingerprint density at radius 2 is 2.04 bits per heavy atom. The van der Waals surface area contributed by atoms with Crippen molar-refractivity contribution in [3.8, 4) is 0 Å². The lowest BCUT2D eigenvalue weighted by atomic mass is 9.94. The quantitative estimate of drug-likeness (QED) is 0.514. The average Bonchev–Trinajstić information content (AvgIpc) is 3.12. The zero-order chi connectivity index (χ0) is 19.7. The SMILES string of the molecule is CCNC(=NCCC1CCN(CC)CC1)NCCc1nc(C(F)(F)F)cs1. The maximum atomic E-state index is 12.6. The van der Waals surface area contributed by atoms with Crippen molar-refractivity contribution in [3.63, 3.8) is 0 Å². The van der Waals surface area contributed by atoms with Crippen molar-refractivity contribution < 1.29 is 13.2 Å². The average molecular weight is 406 g/mol. The number of piperidine rings is 1. The third-order valence-corrected chi connectivity index (χ3v) is 5.69. The van der Waals surface area contributed by atoms with E-state index in [4.69, 9.17) is 0 Å². The summed E-state index contributed by atoms with van der Waals surface area (Å²) in [5.41, 5.74) is -0.808. The number of alkyl halides is 3. The summed E-state index contributed by atoms with van der Waals surface area (Å²) in [5, 5.41) is 7.92. The molecule has 1 aliphatic heterocycles. The van der Waals surface area contributed by atoms with Crippen LogP contribution in [0.4, 0.5) is 13.2 Å². The van der Waals surface area contributed by atoms with Crippen LogP contribution >= 0.6 is 11.3 Å². The Hall–Kier alpha value is -1.35. The summed E-state index contributed by atoms with van der Waals surface area (Å²) in [5.74, 6) is 1.45. The summed E-state index contributed by atoms with van der Waals surface area (Å²) >= 11 is 1.04. The van der Waals surface area contributed by atoms with Gasteiger partial charge in [0.1, 0.15) is 0 Å². The number of hydrogen-bond donors (Lipinski definition) is 2. The third-order valence-electron chi connectivity index (χ3n) is 4.78. The largest absolute Gasteiger partial charge is 0.434 e. The smallest absolute Gasteiger partial charge is 0.357 e. The summed E-state index contributed by atoms with van der Waals surface area (Å²) in [7, 11) is 0. The van der Waals surface area contributed by atoms with Crippen molar-refractivity contribution in [2.24, 2.45) is 10.9 Å². The molecule has 0 unspecified atom stereocenters. The van der Waals surface area contributed by atoms with E-state index in [1.54, 1.807) is 0 Å². The van der Waals surface area contributed by atoms with Gasteiger partial charge >= 0.3 is 6.18 Å². The van der Waals surface area contributed by atoms with Crippen LogP contribution in [-0.2, 0) is 12.6 Å². The van der Waals surface area contributed by atoms with Crippen molar-refractivity contribution in [3.05, 3.63) is 16.1 Å². The number of rotatable bonds is 8. The van der Waals surface area contributed by atoms with Crippen LogP contribution in [0, 0.1) is 5.92 Å². The second-order valence-electron chi connectivity index (χ2n) is 6.73. The molecule has 1 aliphatic rings. The van der Waals surface area contributed by atoms with Gasteiger partial charge in [-0.25, -0.2) is 4.98 Å². The van der Waals surface area contributed by atoms with Gasteiger partial charge in [-0.2, -0.15) is 13.2 Å². The molecule has 2 rings (SSSR count). The van der Waals surface area contributed by atoms with E-state index >= 15 is 0 Å². The van der Waals surface area contributed by atoms with Crippen LogP contribution < -0.4 is 10.6 Å². The fourth-order valence-corrected chi connectivity index (χ4v) is 3.94. The molecule has 0 amide bonds. The standard InChI is InChI=1S/C18H30F3N5S/c1-3-22-17(23-9-5-14-7-11-26(4-2)12-8-14)24-10-6-16-25-15(13-27-16)18(19,20)21/h13-14H,3-12H2,1-2H3,(H2,22,23,24). The van der Waals surface area contributed by atoms with E-state index < -0.39 is 11.9 Å². The minimum atomic E-state index is -4.37. The molecule has 0 aromatic carbocycles. The van der Waals surface area contributed by atoms with E-state index in [-0.39, 0.29) is 0 Å². The maximum Gasteiger partial charge on any atom is 0.434 e. The molecule has 0 atom stereocenters. The predicted molar refractivity (Wildman–Crippen MR) is 104 cm³/mol. The van der Waals surface area contributed by atoms with E-state index in [1.807, 2.05) is 6.92 Å². The van der Waals surface area contributed by atoms with E-state index in [0.29, 0.717) is 18.0 Å². The molecule has 0 radical (unpaired) electrons. The lowest BCUT2D eigenvalue weighted by Gasteiger charge is -2.30. The molecule has 0 bridgehead atoms. The Morgan fingerprint density at radius 1 is 1.30 bits per heavy atom. The lowest BCUT2D eigenvalue weighted by molar-refractivity contribution is -0.140. The molecule has 1 saturated heterocycles. The molecular weight excluding hydrogens is 375 g/mol. The van der Waals surface area contributed by atoms with Crippen molar-refractivity contribution in [2.45, 2.75) is 45.7 Å². The summed E-state index contributed by atoms with van der Waals surface area (Å²) in [6.45, 7) is 9.70. The Morgan fingerprint density at radius 3 is 2.63 bits per heavy atom. The van der Waals surface area contributed by atoms with E-state index in [9.17, 15) is 13.2 Å². The molecule has 5 nitrogen and oxygen atoms in total. The zero-order valence-corrected chi connectivity index (χ0v) is 16.9. The summed E-state index contributed by atoms with van der Waals surface area (Å²) in [4.78, 5) is 10.7. The number of aliphatic imine (C=N–C) groups is 1. The molecule has 0 spiro atoms. The molecule has 1 aromatic heterocycles. The minimum absolute atomic E-state index is 0.445. The topological polar surface area (TPSA) is 52.6 Å². The summed E-state index contributed by atoms with van der Waals surface area (Å²) in [6.07, 6.45) is -0.375. The fourth-order valence-electron chi connectivity index (χ4n) is 3.14. The molecule has 0 saturated carbocycles. The number of thiazole rings is 1. The Bertz CT molecular complexity index is 580. The van der Waals surface area contributed by atoms with Gasteiger partial charge in [-0.05, 0) is 51.7 Å². The molecule has 27 heavy (non-hydrogen) atoms. The first kappa shape index (κ1) is 21.9. The van der Waals surface area contributed by atoms with Crippen molar-refractivity contribution in [1.29, 1.82) is 0 Å². The highest BCUT2D eigenvalue weighted by atomic mass is 32.1. The molecule has 2 heterocycles. The van der Waals surface area contributed by atoms with Gasteiger partial charge in [-0.15, -0.1) is 11.3 Å². The lowest BCUT2D eigenvalue weighted by Crippen LogP contribution is -2.38. The van der Waals surface area contributed by atoms with Gasteiger partial charge < -0.3 is 15.5 Å². The molecule has 0 aliphatic carbocycles. The van der Waals surface area contributed by atoms with Crippen LogP contribution in [0.1, 0.15) is 43.8 Å². The first-order chi connectivity index (χ1) is 12.9. The number of nitrogens with zero attached hydrogens (tertiary/aromatic N) is 3. The molecule has 9 heteroatoms. The van der Waals surface area contributed by atoms with Crippen LogP contribution in [-0.4, -0.2) is 55.1 Å². The zero-order valence-electron chi connectivity index (χ0n) is 16.1. The van der Waals surface area contributed by atoms with Gasteiger partial charge in [-0.3, -0.25) is 4.99 Å². The Kier molecular flexibility index (Phi) is 8.82. The highest BCUT2D eigenvalue weighted by Gasteiger charge is 2.33. The second-order valence-corrected chi connectivity index (χ2v) is 7.67. The second kappa shape index (κ2) is 10.8. The van der Waals surface area contributed by atoms with Gasteiger partial charge in [-0.1, -0.05) is 6.92 Å². The van der Waals surface area contributed by atoms with Gasteiger partial charge in [0, 0.05) is 31.4 Å². The Labute approximate surface area is 163 Å². The summed E-state index contributed by atoms with van der Waals surface area (Å²) < 4.78 is 37.7. The van der Waals surface area contributed by atoms with Crippen LogP contribution in [0.3, 0.4) is 0 Å². The number of likely N-dealkylation sites (tertiary alicyclic amines) is 1. The molecule has 1 fully saturated rings. The first-order valence-corrected chi connectivity index (χ1v) is 10.6. The van der Waals surface area contributed by atoms with Gasteiger partial charge in [0.15, 0.2) is 11.7 Å². The van der Waals surface area contributed by atoms with Gasteiger partial charge in [0.05, 0.1) is 5.01 Å². The van der Waals surface area contributed by atoms with Crippen molar-refractivity contribution in [2.75, 3.05) is 39.3 Å². The monoisotopic (exact) mass is 405 g/mol. The van der Waals surface area contributed by atoms with Gasteiger partial charge in [0.2, 0.25) is 0 Å². The number of halogens is 3. The van der Waals surface area contributed by atoms with E-state index in [0.717, 1.165) is 54.6 Å². The summed E-state index contributed by atoms with van der Waals surface area (Å²) in [6, 6.07) is 0. The number of nitrogens with one attached hydrogen (secondary N) is 2. The van der Waals surface area contributed by atoms with Crippen molar-refractivity contribution >= 4 is 17.3 Å². The van der Waals surface area contributed by atoms with Crippen molar-refractivity contribution in [1.82, 2.24) is 20.5 Å². The van der Waals surface area contributed by atoms with Crippen LogP contribution in [0.2, 0.25) is 0 Å². The maximum absolute atomic E-state index is 12.6. The van der Waals surface area contributed by atoms with E-state index in [1.165, 1.54) is 25.9 Å². The number of guanidine groups is 1. The predicted octanol–water partition coefficient (Wildman–Crippen LogP) is 3.38. The molecule has 154 valence electrons. The third kappa shape index (κ3) is 7.65. The fraction of sp³-hybridized carbons (Fsp3) is 0.778. The van der Waals surface area contributed by atoms with E-state index in [2.05, 4.69) is 32.4 Å². The Balaban J connectivity index is 1.72. The van der Waals surface area contributed by atoms with Crippen LogP contribution in [0.25, 0.3) is 0 Å². The highest BCUT2D eigenvalue weighted by molar-refractivity contribution is 7.09. The van der Waals surface area contributed by atoms with Gasteiger partial charge in [0.25, 0.3) is 0 Å². The highest BCUT2D eigenvalue weighted by Crippen LogP contribution is 2.30. The van der Waals surface area contributed by atoms with Crippen LogP contribution in [0.5, 0.6) is 0 Å². The number of aromatic nitrogens is 1.